The van der Waals surface area contributed by atoms with Crippen LogP contribution in [0.25, 0.3) is 22.1 Å². The highest BCUT2D eigenvalue weighted by molar-refractivity contribution is 5.94. The normalized spacial score (nSPS) is 16.2. The van der Waals surface area contributed by atoms with Crippen LogP contribution in [0.4, 0.5) is 4.39 Å². The molecule has 1 aromatic heterocycles. The minimum atomic E-state index is -0.540. The smallest absolute Gasteiger partial charge is 0.141 e. The van der Waals surface area contributed by atoms with Crippen molar-refractivity contribution in [3.05, 3.63) is 90.4 Å². The van der Waals surface area contributed by atoms with E-state index in [1.807, 2.05) is 24.3 Å². The van der Waals surface area contributed by atoms with E-state index in [-0.39, 0.29) is 12.4 Å². The molecule has 33 heavy (non-hydrogen) atoms. The van der Waals surface area contributed by atoms with Crippen molar-refractivity contribution in [3.63, 3.8) is 0 Å². The van der Waals surface area contributed by atoms with Gasteiger partial charge in [0.25, 0.3) is 0 Å². The van der Waals surface area contributed by atoms with Crippen molar-refractivity contribution in [2.45, 2.75) is 24.9 Å². The minimum Gasteiger partial charge on any atom is -0.491 e. The zero-order chi connectivity index (χ0) is 22.6. The van der Waals surface area contributed by atoms with Gasteiger partial charge in [-0.2, -0.15) is 0 Å². The molecule has 3 aromatic carbocycles. The molecule has 5 heteroatoms. The van der Waals surface area contributed by atoms with Gasteiger partial charge in [0.05, 0.1) is 6.26 Å². The number of piperidine rings is 1. The van der Waals surface area contributed by atoms with E-state index in [2.05, 4.69) is 35.2 Å². The summed E-state index contributed by atoms with van der Waals surface area (Å²) in [6.07, 6.45) is 3.26. The predicted molar refractivity (Wildman–Crippen MR) is 128 cm³/mol. The molecule has 1 fully saturated rings. The summed E-state index contributed by atoms with van der Waals surface area (Å²) in [5.74, 6) is 1.73. The topological polar surface area (TPSA) is 45.8 Å². The molecule has 0 bridgehead atoms. The maximum absolute atomic E-state index is 13.4. The Bertz CT molecular complexity index is 1180. The first-order valence-electron chi connectivity index (χ1n) is 11.5. The van der Waals surface area contributed by atoms with E-state index in [1.165, 1.54) is 17.7 Å². The maximum atomic E-state index is 13.4. The zero-order valence-corrected chi connectivity index (χ0v) is 18.5. The van der Waals surface area contributed by atoms with Crippen molar-refractivity contribution < 1.29 is 18.7 Å². The van der Waals surface area contributed by atoms with Crippen LogP contribution in [0.2, 0.25) is 0 Å². The lowest BCUT2D eigenvalue weighted by molar-refractivity contribution is 0.0594. The summed E-state index contributed by atoms with van der Waals surface area (Å²) in [5, 5.41) is 12.1. The fourth-order valence-corrected chi connectivity index (χ4v) is 4.67. The standard InChI is InChI=1S/C28H28FNO3/c29-24-8-11-27-23(16-24)18-33-28(27)22-6-9-26(10-7-22)32-19-25(31)17-30-14-12-21(13-15-30)20-4-2-1-3-5-20/h1-11,16,18,21,25,31H,12-15,17,19H2/t25-/m0/s1. The van der Waals surface area contributed by atoms with E-state index in [1.54, 1.807) is 12.3 Å². The van der Waals surface area contributed by atoms with E-state index in [9.17, 15) is 9.50 Å². The van der Waals surface area contributed by atoms with Crippen molar-refractivity contribution in [2.24, 2.45) is 0 Å². The number of furan rings is 1. The van der Waals surface area contributed by atoms with Crippen LogP contribution in [-0.4, -0.2) is 42.4 Å². The van der Waals surface area contributed by atoms with Crippen molar-refractivity contribution in [3.8, 4) is 17.1 Å². The molecular weight excluding hydrogens is 417 g/mol. The van der Waals surface area contributed by atoms with Gasteiger partial charge in [-0.15, -0.1) is 0 Å². The van der Waals surface area contributed by atoms with Gasteiger partial charge >= 0.3 is 0 Å². The largest absolute Gasteiger partial charge is 0.491 e. The molecule has 170 valence electrons. The average Bonchev–Trinajstić information content (AvgIpc) is 3.27. The number of likely N-dealkylation sites (tertiary alicyclic amines) is 1. The van der Waals surface area contributed by atoms with E-state index < -0.39 is 6.10 Å². The predicted octanol–water partition coefficient (Wildman–Crippen LogP) is 5.86. The number of aliphatic hydroxyl groups excluding tert-OH is 1. The number of fused-ring (bicyclic) bond motifs is 1. The van der Waals surface area contributed by atoms with Gasteiger partial charge in [-0.05, 0) is 79.9 Å². The molecule has 4 nitrogen and oxygen atoms in total. The van der Waals surface area contributed by atoms with Gasteiger partial charge in [0.2, 0.25) is 0 Å². The Labute approximate surface area is 193 Å². The fraction of sp³-hybridized carbons (Fsp3) is 0.286. The molecule has 1 N–H and O–H groups in total. The molecule has 1 aliphatic heterocycles. The van der Waals surface area contributed by atoms with E-state index in [0.717, 1.165) is 42.3 Å². The third-order valence-electron chi connectivity index (χ3n) is 6.45. The van der Waals surface area contributed by atoms with Crippen molar-refractivity contribution in [2.75, 3.05) is 26.2 Å². The summed E-state index contributed by atoms with van der Waals surface area (Å²) >= 11 is 0. The number of nitrogens with zero attached hydrogens (tertiary/aromatic N) is 1. The first kappa shape index (κ1) is 21.7. The number of halogens is 1. The number of β-amino-alcohol motifs (C(OH)–C–C–N with tert-alkyl or cyclic N) is 1. The van der Waals surface area contributed by atoms with E-state index in [4.69, 9.17) is 9.15 Å². The highest BCUT2D eigenvalue weighted by Gasteiger charge is 2.22. The summed E-state index contributed by atoms with van der Waals surface area (Å²) in [4.78, 5) is 2.32. The average molecular weight is 446 g/mol. The first-order chi connectivity index (χ1) is 16.2. The highest BCUT2D eigenvalue weighted by atomic mass is 19.1. The summed E-state index contributed by atoms with van der Waals surface area (Å²) < 4.78 is 24.9. The molecule has 1 aliphatic rings. The van der Waals surface area contributed by atoms with Crippen LogP contribution in [-0.2, 0) is 0 Å². The number of hydrogen-bond donors (Lipinski definition) is 1. The van der Waals surface area contributed by atoms with Gasteiger partial charge in [0, 0.05) is 22.9 Å². The van der Waals surface area contributed by atoms with Gasteiger partial charge in [-0.1, -0.05) is 30.3 Å². The Kier molecular flexibility index (Phi) is 6.42. The lowest BCUT2D eigenvalue weighted by atomic mass is 9.89. The van der Waals surface area contributed by atoms with Crippen molar-refractivity contribution in [1.82, 2.24) is 4.90 Å². The van der Waals surface area contributed by atoms with E-state index in [0.29, 0.717) is 24.0 Å². The zero-order valence-electron chi connectivity index (χ0n) is 18.5. The number of hydrogen-bond acceptors (Lipinski definition) is 4. The lowest BCUT2D eigenvalue weighted by Gasteiger charge is -2.33. The summed E-state index contributed by atoms with van der Waals surface area (Å²) in [6, 6.07) is 22.9. The van der Waals surface area contributed by atoms with Crippen molar-refractivity contribution >= 4 is 10.8 Å². The molecule has 0 unspecified atom stereocenters. The molecular formula is C28H28FNO3. The fourth-order valence-electron chi connectivity index (χ4n) is 4.67. The van der Waals surface area contributed by atoms with Crippen LogP contribution in [0.3, 0.4) is 0 Å². The van der Waals surface area contributed by atoms with Crippen LogP contribution < -0.4 is 4.74 Å². The summed E-state index contributed by atoms with van der Waals surface area (Å²) in [5.41, 5.74) is 2.31. The van der Waals surface area contributed by atoms with Gasteiger partial charge in [-0.25, -0.2) is 4.39 Å². The molecule has 4 aromatic rings. The Balaban J connectivity index is 1.11. The van der Waals surface area contributed by atoms with Crippen LogP contribution >= 0.6 is 0 Å². The Morgan fingerprint density at radius 3 is 2.52 bits per heavy atom. The molecule has 5 rings (SSSR count). The Morgan fingerprint density at radius 1 is 1.00 bits per heavy atom. The summed E-state index contributed by atoms with van der Waals surface area (Å²) in [6.45, 7) is 2.86. The SMILES string of the molecule is O[C@H](COc1ccc(-c2occ3cc(F)ccc23)cc1)CN1CCC(c2ccccc2)CC1. The molecule has 0 aliphatic carbocycles. The molecule has 1 saturated heterocycles. The van der Waals surface area contributed by atoms with Gasteiger partial charge in [0.15, 0.2) is 0 Å². The quantitative estimate of drug-likeness (QED) is 0.387. The molecule has 1 atom stereocenters. The molecule has 0 spiro atoms. The Hall–Kier alpha value is -3.15. The number of rotatable bonds is 7. The summed E-state index contributed by atoms with van der Waals surface area (Å²) in [7, 11) is 0. The second-order valence-corrected chi connectivity index (χ2v) is 8.77. The molecule has 0 saturated carbocycles. The van der Waals surface area contributed by atoms with Crippen LogP contribution in [0.15, 0.2) is 83.5 Å². The number of ether oxygens (including phenoxy) is 1. The van der Waals surface area contributed by atoms with Crippen LogP contribution in [0, 0.1) is 5.82 Å². The Morgan fingerprint density at radius 2 is 1.76 bits per heavy atom. The third kappa shape index (κ3) is 5.10. The van der Waals surface area contributed by atoms with Gasteiger partial charge in [-0.3, -0.25) is 0 Å². The van der Waals surface area contributed by atoms with Gasteiger partial charge in [0.1, 0.15) is 30.0 Å². The lowest BCUT2D eigenvalue weighted by Crippen LogP contribution is -2.40. The second-order valence-electron chi connectivity index (χ2n) is 8.77. The van der Waals surface area contributed by atoms with Crippen LogP contribution in [0.5, 0.6) is 5.75 Å². The third-order valence-corrected chi connectivity index (χ3v) is 6.45. The second kappa shape index (κ2) is 9.77. The monoisotopic (exact) mass is 445 g/mol. The molecule has 0 amide bonds. The highest BCUT2D eigenvalue weighted by Crippen LogP contribution is 2.32. The molecule has 2 heterocycles. The molecule has 0 radical (unpaired) electrons. The van der Waals surface area contributed by atoms with E-state index >= 15 is 0 Å². The van der Waals surface area contributed by atoms with Crippen LogP contribution in [0.1, 0.15) is 24.3 Å². The number of aliphatic hydroxyl groups is 1. The minimum absolute atomic E-state index is 0.251. The number of benzene rings is 3. The van der Waals surface area contributed by atoms with Gasteiger partial charge < -0.3 is 19.2 Å². The first-order valence-corrected chi connectivity index (χ1v) is 11.5. The van der Waals surface area contributed by atoms with Crippen molar-refractivity contribution in [1.29, 1.82) is 0 Å². The maximum Gasteiger partial charge on any atom is 0.141 e.